The van der Waals surface area contributed by atoms with Crippen molar-refractivity contribution < 1.29 is 4.79 Å². The second-order valence-corrected chi connectivity index (χ2v) is 5.87. The molecule has 0 atom stereocenters. The number of benzene rings is 1. The quantitative estimate of drug-likeness (QED) is 0.842. The molecule has 4 heteroatoms. The van der Waals surface area contributed by atoms with Gasteiger partial charge in [-0.15, -0.1) is 0 Å². The van der Waals surface area contributed by atoms with E-state index in [1.54, 1.807) is 6.20 Å². The highest BCUT2D eigenvalue weighted by molar-refractivity contribution is 5.94. The second kappa shape index (κ2) is 8.32. The minimum Gasteiger partial charge on any atom is -0.370 e. The molecule has 0 aliphatic carbocycles. The van der Waals surface area contributed by atoms with E-state index in [2.05, 4.69) is 17.2 Å². The van der Waals surface area contributed by atoms with Gasteiger partial charge in [-0.2, -0.15) is 0 Å². The van der Waals surface area contributed by atoms with Crippen LogP contribution in [0.15, 0.2) is 48.7 Å². The molecule has 0 saturated heterocycles. The van der Waals surface area contributed by atoms with Crippen LogP contribution in [0.5, 0.6) is 0 Å². The molecule has 1 amide bonds. The lowest BCUT2D eigenvalue weighted by Gasteiger charge is -2.27. The Balaban J connectivity index is 2.11. The van der Waals surface area contributed by atoms with Crippen LogP contribution in [0.3, 0.4) is 0 Å². The molecule has 0 radical (unpaired) electrons. The predicted molar refractivity (Wildman–Crippen MR) is 94.5 cm³/mol. The maximum Gasteiger partial charge on any atom is 0.255 e. The van der Waals surface area contributed by atoms with Gasteiger partial charge in [0.05, 0.1) is 5.56 Å². The van der Waals surface area contributed by atoms with Crippen molar-refractivity contribution in [3.05, 3.63) is 59.8 Å². The van der Waals surface area contributed by atoms with Crippen molar-refractivity contribution in [3.63, 3.8) is 0 Å². The number of pyridine rings is 1. The first-order chi connectivity index (χ1) is 11.1. The van der Waals surface area contributed by atoms with Gasteiger partial charge in [0.25, 0.3) is 5.91 Å². The van der Waals surface area contributed by atoms with Crippen molar-refractivity contribution in [1.29, 1.82) is 0 Å². The zero-order chi connectivity index (χ0) is 16.7. The molecule has 0 fully saturated rings. The van der Waals surface area contributed by atoms with Crippen molar-refractivity contribution in [2.45, 2.75) is 39.8 Å². The highest BCUT2D eigenvalue weighted by Crippen LogP contribution is 2.14. The third kappa shape index (κ3) is 4.81. The van der Waals surface area contributed by atoms with Crippen LogP contribution in [0.4, 0.5) is 5.82 Å². The number of carbonyl (C=O) groups is 1. The van der Waals surface area contributed by atoms with E-state index in [0.717, 1.165) is 24.3 Å². The topological polar surface area (TPSA) is 45.2 Å². The fraction of sp³-hybridized carbons (Fsp3) is 0.368. The minimum absolute atomic E-state index is 0.0124. The predicted octanol–water partition coefficient (Wildman–Crippen LogP) is 3.95. The Morgan fingerprint density at radius 1 is 1.17 bits per heavy atom. The zero-order valence-corrected chi connectivity index (χ0v) is 14.1. The first-order valence-electron chi connectivity index (χ1n) is 8.16. The number of amides is 1. The highest BCUT2D eigenvalue weighted by Gasteiger charge is 2.19. The number of hydrogen-bond donors (Lipinski definition) is 1. The Morgan fingerprint density at radius 2 is 1.91 bits per heavy atom. The van der Waals surface area contributed by atoms with Gasteiger partial charge in [-0.3, -0.25) is 4.79 Å². The molecule has 122 valence electrons. The van der Waals surface area contributed by atoms with E-state index in [1.807, 2.05) is 61.2 Å². The van der Waals surface area contributed by atoms with Crippen LogP contribution < -0.4 is 5.32 Å². The largest absolute Gasteiger partial charge is 0.370 e. The molecule has 1 aromatic carbocycles. The lowest BCUT2D eigenvalue weighted by atomic mass is 10.1. The Kier molecular flexibility index (Phi) is 6.15. The van der Waals surface area contributed by atoms with Crippen molar-refractivity contribution in [2.75, 3.05) is 11.9 Å². The van der Waals surface area contributed by atoms with Gasteiger partial charge < -0.3 is 10.2 Å². The molecule has 0 aliphatic rings. The number of carbonyl (C=O) groups excluding carboxylic acids is 1. The molecule has 1 heterocycles. The lowest BCUT2D eigenvalue weighted by Crippen LogP contribution is -2.36. The summed E-state index contributed by atoms with van der Waals surface area (Å²) in [7, 11) is 0. The molecule has 0 aliphatic heterocycles. The third-order valence-electron chi connectivity index (χ3n) is 3.65. The second-order valence-electron chi connectivity index (χ2n) is 5.87. The standard InChI is InChI=1S/C19H25N3O/c1-4-12-20-18-11-10-17(13-21-18)19(23)22(15(2)3)14-16-8-6-5-7-9-16/h5-11,13,15H,4,12,14H2,1-3H3,(H,20,21). The number of anilines is 1. The van der Waals surface area contributed by atoms with Gasteiger partial charge >= 0.3 is 0 Å². The zero-order valence-electron chi connectivity index (χ0n) is 14.1. The molecular weight excluding hydrogens is 286 g/mol. The van der Waals surface area contributed by atoms with Gasteiger partial charge in [0.1, 0.15) is 5.82 Å². The fourth-order valence-corrected chi connectivity index (χ4v) is 2.31. The maximum atomic E-state index is 12.8. The minimum atomic E-state index is 0.0124. The summed E-state index contributed by atoms with van der Waals surface area (Å²) in [5.41, 5.74) is 1.75. The first kappa shape index (κ1) is 17.0. The first-order valence-corrected chi connectivity index (χ1v) is 8.16. The van der Waals surface area contributed by atoms with Crippen molar-refractivity contribution in [3.8, 4) is 0 Å². The monoisotopic (exact) mass is 311 g/mol. The molecule has 1 N–H and O–H groups in total. The summed E-state index contributed by atoms with van der Waals surface area (Å²) < 4.78 is 0. The summed E-state index contributed by atoms with van der Waals surface area (Å²) in [6, 6.07) is 13.9. The average molecular weight is 311 g/mol. The summed E-state index contributed by atoms with van der Waals surface area (Å²) in [5, 5.41) is 3.22. The van der Waals surface area contributed by atoms with Crippen LogP contribution in [0.2, 0.25) is 0 Å². The number of nitrogens with zero attached hydrogens (tertiary/aromatic N) is 2. The smallest absolute Gasteiger partial charge is 0.255 e. The van der Waals surface area contributed by atoms with E-state index in [4.69, 9.17) is 0 Å². The van der Waals surface area contributed by atoms with Gasteiger partial charge in [-0.05, 0) is 38.0 Å². The number of hydrogen-bond acceptors (Lipinski definition) is 3. The molecule has 0 unspecified atom stereocenters. The van der Waals surface area contributed by atoms with E-state index in [0.29, 0.717) is 12.1 Å². The Hall–Kier alpha value is -2.36. The Bertz CT molecular complexity index is 608. The van der Waals surface area contributed by atoms with Gasteiger partial charge in [-0.25, -0.2) is 4.98 Å². The average Bonchev–Trinajstić information content (AvgIpc) is 2.58. The summed E-state index contributed by atoms with van der Waals surface area (Å²) in [6.45, 7) is 7.66. The van der Waals surface area contributed by atoms with Crippen molar-refractivity contribution >= 4 is 11.7 Å². The molecule has 0 bridgehead atoms. The molecule has 4 nitrogen and oxygen atoms in total. The summed E-state index contributed by atoms with van der Waals surface area (Å²) in [4.78, 5) is 19.0. The van der Waals surface area contributed by atoms with E-state index >= 15 is 0 Å². The fourth-order valence-electron chi connectivity index (χ4n) is 2.31. The number of rotatable bonds is 7. The van der Waals surface area contributed by atoms with Gasteiger partial charge in [0.15, 0.2) is 0 Å². The molecule has 23 heavy (non-hydrogen) atoms. The van der Waals surface area contributed by atoms with Crippen molar-refractivity contribution in [2.24, 2.45) is 0 Å². The van der Waals surface area contributed by atoms with E-state index in [1.165, 1.54) is 0 Å². The summed E-state index contributed by atoms with van der Waals surface area (Å²) in [6.07, 6.45) is 2.70. The Morgan fingerprint density at radius 3 is 2.48 bits per heavy atom. The lowest BCUT2D eigenvalue weighted by molar-refractivity contribution is 0.0690. The maximum absolute atomic E-state index is 12.8. The van der Waals surface area contributed by atoms with E-state index in [9.17, 15) is 4.79 Å². The van der Waals surface area contributed by atoms with Crippen LogP contribution in [-0.4, -0.2) is 28.4 Å². The van der Waals surface area contributed by atoms with Gasteiger partial charge in [-0.1, -0.05) is 37.3 Å². The SMILES string of the molecule is CCCNc1ccc(C(=O)N(Cc2ccccc2)C(C)C)cn1. The highest BCUT2D eigenvalue weighted by atomic mass is 16.2. The molecule has 0 saturated carbocycles. The third-order valence-corrected chi connectivity index (χ3v) is 3.65. The summed E-state index contributed by atoms with van der Waals surface area (Å²) >= 11 is 0. The summed E-state index contributed by atoms with van der Waals surface area (Å²) in [5.74, 6) is 0.820. The number of nitrogens with one attached hydrogen (secondary N) is 1. The van der Waals surface area contributed by atoms with Crippen LogP contribution in [0, 0.1) is 0 Å². The van der Waals surface area contributed by atoms with Gasteiger partial charge in [0.2, 0.25) is 0 Å². The van der Waals surface area contributed by atoms with Gasteiger partial charge in [0, 0.05) is 25.3 Å². The Labute approximate surface area is 138 Å². The normalized spacial score (nSPS) is 10.6. The van der Waals surface area contributed by atoms with Crippen LogP contribution >= 0.6 is 0 Å². The molecule has 1 aromatic heterocycles. The van der Waals surface area contributed by atoms with Crippen molar-refractivity contribution in [1.82, 2.24) is 9.88 Å². The molecular formula is C19H25N3O. The molecule has 0 spiro atoms. The van der Waals surface area contributed by atoms with E-state index < -0.39 is 0 Å². The van der Waals surface area contributed by atoms with Crippen LogP contribution in [-0.2, 0) is 6.54 Å². The molecule has 2 rings (SSSR count). The molecule has 2 aromatic rings. The van der Waals surface area contributed by atoms with E-state index in [-0.39, 0.29) is 11.9 Å². The van der Waals surface area contributed by atoms with Crippen LogP contribution in [0.1, 0.15) is 43.1 Å². The number of aromatic nitrogens is 1. The van der Waals surface area contributed by atoms with Crippen LogP contribution in [0.25, 0.3) is 0 Å².